The van der Waals surface area contributed by atoms with Gasteiger partial charge in [-0.2, -0.15) is 0 Å². The molecule has 0 radical (unpaired) electrons. The minimum Gasteiger partial charge on any atom is -0.494 e. The van der Waals surface area contributed by atoms with E-state index in [9.17, 15) is 9.59 Å². The summed E-state index contributed by atoms with van der Waals surface area (Å²) >= 11 is 0. The number of amides is 2. The second kappa shape index (κ2) is 7.79. The minimum atomic E-state index is -0.380. The summed E-state index contributed by atoms with van der Waals surface area (Å²) in [5, 5.41) is 5.61. The van der Waals surface area contributed by atoms with E-state index in [0.717, 1.165) is 5.75 Å². The van der Waals surface area contributed by atoms with Gasteiger partial charge in [0.1, 0.15) is 11.4 Å². The van der Waals surface area contributed by atoms with Crippen LogP contribution in [0.15, 0.2) is 42.6 Å². The van der Waals surface area contributed by atoms with Crippen LogP contribution in [0.5, 0.6) is 5.75 Å². The van der Waals surface area contributed by atoms with Gasteiger partial charge in [0.15, 0.2) is 0 Å². The lowest BCUT2D eigenvalue weighted by molar-refractivity contribution is 0.0919. The third kappa shape index (κ3) is 5.60. The first-order chi connectivity index (χ1) is 11.8. The van der Waals surface area contributed by atoms with Crippen molar-refractivity contribution in [3.05, 3.63) is 53.9 Å². The van der Waals surface area contributed by atoms with E-state index in [0.29, 0.717) is 17.9 Å². The molecule has 0 aliphatic heterocycles. The zero-order chi connectivity index (χ0) is 18.4. The molecule has 0 aliphatic carbocycles. The van der Waals surface area contributed by atoms with Crippen LogP contribution in [0, 0.1) is 0 Å². The highest BCUT2D eigenvalue weighted by atomic mass is 16.5. The molecule has 6 heteroatoms. The molecule has 0 unspecified atom stereocenters. The number of carbonyl (C=O) groups is 2. The van der Waals surface area contributed by atoms with Gasteiger partial charge in [0.05, 0.1) is 6.61 Å². The number of hydrogen-bond donors (Lipinski definition) is 2. The van der Waals surface area contributed by atoms with Gasteiger partial charge in [-0.05, 0) is 64.1 Å². The largest absolute Gasteiger partial charge is 0.494 e. The third-order valence-corrected chi connectivity index (χ3v) is 3.17. The summed E-state index contributed by atoms with van der Waals surface area (Å²) in [5.74, 6) is 0.110. The van der Waals surface area contributed by atoms with Crippen LogP contribution in [0.2, 0.25) is 0 Å². The van der Waals surface area contributed by atoms with Gasteiger partial charge in [0.25, 0.3) is 11.8 Å². The predicted molar refractivity (Wildman–Crippen MR) is 97.0 cm³/mol. The van der Waals surface area contributed by atoms with Crippen molar-refractivity contribution >= 4 is 17.5 Å². The second-order valence-electron chi connectivity index (χ2n) is 6.55. The normalized spacial score (nSPS) is 10.9. The number of carbonyl (C=O) groups excluding carboxylic acids is 2. The van der Waals surface area contributed by atoms with Gasteiger partial charge in [-0.1, -0.05) is 0 Å². The highest BCUT2D eigenvalue weighted by Crippen LogP contribution is 2.16. The lowest BCUT2D eigenvalue weighted by Gasteiger charge is -2.20. The summed E-state index contributed by atoms with van der Waals surface area (Å²) in [6.45, 7) is 8.17. The molecule has 0 aliphatic rings. The first-order valence-electron chi connectivity index (χ1n) is 8.11. The Hall–Kier alpha value is -2.89. The average Bonchev–Trinajstić information content (AvgIpc) is 2.55. The van der Waals surface area contributed by atoms with E-state index in [2.05, 4.69) is 15.6 Å². The number of benzene rings is 1. The standard InChI is InChI=1S/C19H23N3O3/c1-5-25-15-8-6-14(7-9-15)21-18(24)16-12-13(10-11-20-16)17(23)22-19(2,3)4/h6-12H,5H2,1-4H3,(H,21,24)(H,22,23). The van der Waals surface area contributed by atoms with Gasteiger partial charge in [-0.25, -0.2) is 0 Å². The molecule has 0 fully saturated rings. The second-order valence-corrected chi connectivity index (χ2v) is 6.55. The van der Waals surface area contributed by atoms with Crippen LogP contribution in [0.4, 0.5) is 5.69 Å². The number of anilines is 1. The van der Waals surface area contributed by atoms with E-state index in [1.54, 1.807) is 30.3 Å². The first kappa shape index (κ1) is 18.4. The maximum Gasteiger partial charge on any atom is 0.274 e. The molecule has 1 aromatic carbocycles. The van der Waals surface area contributed by atoms with Gasteiger partial charge >= 0.3 is 0 Å². The van der Waals surface area contributed by atoms with E-state index in [1.807, 2.05) is 27.7 Å². The van der Waals surface area contributed by atoms with Gasteiger partial charge < -0.3 is 15.4 Å². The van der Waals surface area contributed by atoms with Crippen molar-refractivity contribution in [2.75, 3.05) is 11.9 Å². The van der Waals surface area contributed by atoms with E-state index < -0.39 is 0 Å². The van der Waals surface area contributed by atoms with Crippen molar-refractivity contribution in [2.45, 2.75) is 33.2 Å². The summed E-state index contributed by atoms with van der Waals surface area (Å²) in [4.78, 5) is 28.6. The Labute approximate surface area is 147 Å². The summed E-state index contributed by atoms with van der Waals surface area (Å²) in [6, 6.07) is 10.1. The quantitative estimate of drug-likeness (QED) is 0.875. The molecule has 0 atom stereocenters. The molecule has 25 heavy (non-hydrogen) atoms. The van der Waals surface area contributed by atoms with E-state index in [4.69, 9.17) is 4.74 Å². The van der Waals surface area contributed by atoms with Crippen molar-refractivity contribution < 1.29 is 14.3 Å². The number of rotatable bonds is 5. The molecule has 0 spiro atoms. The van der Waals surface area contributed by atoms with Crippen LogP contribution >= 0.6 is 0 Å². The molecule has 6 nitrogen and oxygen atoms in total. The van der Waals surface area contributed by atoms with Crippen molar-refractivity contribution in [3.8, 4) is 5.75 Å². The third-order valence-electron chi connectivity index (χ3n) is 3.17. The SMILES string of the molecule is CCOc1ccc(NC(=O)c2cc(C(=O)NC(C)(C)C)ccn2)cc1. The molecule has 0 saturated carbocycles. The maximum absolute atomic E-state index is 12.3. The molecule has 132 valence electrons. The molecule has 0 saturated heterocycles. The zero-order valence-electron chi connectivity index (χ0n) is 14.9. The Morgan fingerprint density at radius 2 is 1.76 bits per heavy atom. The van der Waals surface area contributed by atoms with Crippen LogP contribution in [0.1, 0.15) is 48.5 Å². The predicted octanol–water partition coefficient (Wildman–Crippen LogP) is 3.26. The number of aromatic nitrogens is 1. The van der Waals surface area contributed by atoms with E-state index >= 15 is 0 Å². The van der Waals surface area contributed by atoms with Crippen LogP contribution in [0.3, 0.4) is 0 Å². The molecule has 2 N–H and O–H groups in total. The Morgan fingerprint density at radius 1 is 1.08 bits per heavy atom. The zero-order valence-corrected chi connectivity index (χ0v) is 14.9. The Morgan fingerprint density at radius 3 is 2.36 bits per heavy atom. The smallest absolute Gasteiger partial charge is 0.274 e. The summed E-state index contributed by atoms with van der Waals surface area (Å²) in [6.07, 6.45) is 1.45. The van der Waals surface area contributed by atoms with E-state index in [1.165, 1.54) is 12.3 Å². The summed E-state index contributed by atoms with van der Waals surface area (Å²) in [7, 11) is 0. The molecular weight excluding hydrogens is 318 g/mol. The van der Waals surface area contributed by atoms with Crippen LogP contribution in [-0.4, -0.2) is 28.9 Å². The van der Waals surface area contributed by atoms with Gasteiger partial charge in [-0.15, -0.1) is 0 Å². The van der Waals surface area contributed by atoms with Crippen LogP contribution < -0.4 is 15.4 Å². The van der Waals surface area contributed by atoms with Crippen molar-refractivity contribution in [1.82, 2.24) is 10.3 Å². The fourth-order valence-electron chi connectivity index (χ4n) is 2.11. The van der Waals surface area contributed by atoms with E-state index in [-0.39, 0.29) is 23.0 Å². The molecule has 1 heterocycles. The number of nitrogens with one attached hydrogen (secondary N) is 2. The van der Waals surface area contributed by atoms with Crippen molar-refractivity contribution in [3.63, 3.8) is 0 Å². The lowest BCUT2D eigenvalue weighted by Crippen LogP contribution is -2.40. The van der Waals surface area contributed by atoms with Gasteiger partial charge in [0.2, 0.25) is 0 Å². The van der Waals surface area contributed by atoms with Crippen LogP contribution in [0.25, 0.3) is 0 Å². The lowest BCUT2D eigenvalue weighted by atomic mass is 10.1. The molecule has 1 aromatic heterocycles. The van der Waals surface area contributed by atoms with Gasteiger partial charge in [0, 0.05) is 23.0 Å². The number of hydrogen-bond acceptors (Lipinski definition) is 4. The van der Waals surface area contributed by atoms with Gasteiger partial charge in [-0.3, -0.25) is 14.6 Å². The Kier molecular flexibility index (Phi) is 5.75. The molecule has 2 aromatic rings. The number of nitrogens with zero attached hydrogens (tertiary/aromatic N) is 1. The van der Waals surface area contributed by atoms with Crippen molar-refractivity contribution in [2.24, 2.45) is 0 Å². The Balaban J connectivity index is 2.09. The highest BCUT2D eigenvalue weighted by Gasteiger charge is 2.17. The maximum atomic E-state index is 12.3. The fourth-order valence-corrected chi connectivity index (χ4v) is 2.11. The summed E-state index contributed by atoms with van der Waals surface area (Å²) in [5.41, 5.74) is 0.836. The minimum absolute atomic E-state index is 0.176. The number of ether oxygens (including phenoxy) is 1. The number of pyridine rings is 1. The molecule has 2 rings (SSSR count). The summed E-state index contributed by atoms with van der Waals surface area (Å²) < 4.78 is 5.36. The van der Waals surface area contributed by atoms with Crippen molar-refractivity contribution in [1.29, 1.82) is 0 Å². The monoisotopic (exact) mass is 341 g/mol. The fraction of sp³-hybridized carbons (Fsp3) is 0.316. The molecular formula is C19H23N3O3. The Bertz CT molecular complexity index is 749. The first-order valence-corrected chi connectivity index (χ1v) is 8.11. The topological polar surface area (TPSA) is 80.3 Å². The van der Waals surface area contributed by atoms with Crippen LogP contribution in [-0.2, 0) is 0 Å². The average molecular weight is 341 g/mol. The molecule has 0 bridgehead atoms. The highest BCUT2D eigenvalue weighted by molar-refractivity contribution is 6.04. The molecule has 2 amide bonds.